The molecule has 1 saturated heterocycles. The van der Waals surface area contributed by atoms with E-state index in [4.69, 9.17) is 4.74 Å². The van der Waals surface area contributed by atoms with Crippen molar-refractivity contribution in [3.63, 3.8) is 0 Å². The molecule has 0 radical (unpaired) electrons. The molecular weight excluding hydrogens is 516 g/mol. The lowest BCUT2D eigenvalue weighted by atomic mass is 10.0. The molecule has 0 saturated carbocycles. The molecule has 0 unspecified atom stereocenters. The summed E-state index contributed by atoms with van der Waals surface area (Å²) in [6.45, 7) is 10.1. The molecule has 0 bridgehead atoms. The van der Waals surface area contributed by atoms with Gasteiger partial charge in [0.1, 0.15) is 29.9 Å². The smallest absolute Gasteiger partial charge is 0.329 e. The van der Waals surface area contributed by atoms with E-state index >= 15 is 0 Å². The molecule has 0 aromatic heterocycles. The first kappa shape index (κ1) is 32.6. The Labute approximate surface area is 227 Å². The Kier molecular flexibility index (Phi) is 14.4. The number of amides is 4. The van der Waals surface area contributed by atoms with Gasteiger partial charge < -0.3 is 26.0 Å². The number of nitrogens with one attached hydrogen (secondary N) is 4. The Balaban J connectivity index is 3.35. The molecule has 4 atom stereocenters. The van der Waals surface area contributed by atoms with E-state index in [0.717, 1.165) is 5.75 Å². The van der Waals surface area contributed by atoms with E-state index < -0.39 is 53.8 Å². The first-order valence-corrected chi connectivity index (χ1v) is 15.0. The summed E-state index contributed by atoms with van der Waals surface area (Å²) in [4.78, 5) is 64.4. The van der Waals surface area contributed by atoms with Crippen LogP contribution in [0.4, 0.5) is 0 Å². The van der Waals surface area contributed by atoms with Gasteiger partial charge in [-0.15, -0.1) is 0 Å². The van der Waals surface area contributed by atoms with Crippen molar-refractivity contribution in [2.45, 2.75) is 78.6 Å². The third kappa shape index (κ3) is 11.2. The van der Waals surface area contributed by atoms with E-state index in [9.17, 15) is 24.0 Å². The fraction of sp³-hybridized carbons (Fsp3) is 0.640. The van der Waals surface area contributed by atoms with E-state index in [1.54, 1.807) is 62.3 Å². The van der Waals surface area contributed by atoms with Crippen LogP contribution in [0.3, 0.4) is 0 Å². The predicted octanol–water partition coefficient (Wildman–Crippen LogP) is 2.07. The van der Waals surface area contributed by atoms with Gasteiger partial charge in [-0.05, 0) is 44.4 Å². The van der Waals surface area contributed by atoms with Crippen molar-refractivity contribution in [1.82, 2.24) is 21.3 Å². The molecule has 1 fully saturated rings. The number of allylic oxidation sites excluding steroid dienone is 2. The largest absolute Gasteiger partial charge is 0.456 e. The molecule has 0 aromatic rings. The van der Waals surface area contributed by atoms with E-state index in [0.29, 0.717) is 6.42 Å². The number of cyclic esters (lactones) is 1. The van der Waals surface area contributed by atoms with Crippen LogP contribution in [-0.2, 0) is 28.7 Å². The predicted molar refractivity (Wildman–Crippen MR) is 147 cm³/mol. The van der Waals surface area contributed by atoms with Crippen LogP contribution < -0.4 is 21.3 Å². The highest BCUT2D eigenvalue weighted by molar-refractivity contribution is 8.76. The SMILES string of the molecule is C/C=C1\NC(=O)[C@@H](C)NC(=O)[C@@H](C(C)C)NC(=O)C[C@@H](/C=C/CCSSC)OC(=O)[C@H](C(C)C)NC1=O. The van der Waals surface area contributed by atoms with Gasteiger partial charge in [-0.3, -0.25) is 19.2 Å². The molecule has 0 spiro atoms. The Morgan fingerprint density at radius 3 is 2.19 bits per heavy atom. The number of carbonyl (C=O) groups excluding carboxylic acids is 5. The zero-order chi connectivity index (χ0) is 28.1. The van der Waals surface area contributed by atoms with Gasteiger partial charge in [0.05, 0.1) is 6.42 Å². The van der Waals surface area contributed by atoms with Gasteiger partial charge in [-0.2, -0.15) is 0 Å². The van der Waals surface area contributed by atoms with Crippen molar-refractivity contribution < 1.29 is 28.7 Å². The maximum absolute atomic E-state index is 13.1. The Bertz CT molecular complexity index is 890. The summed E-state index contributed by atoms with van der Waals surface area (Å²) in [6, 6.07) is -2.91. The van der Waals surface area contributed by atoms with Crippen molar-refractivity contribution in [2.24, 2.45) is 11.8 Å². The summed E-state index contributed by atoms with van der Waals surface area (Å²) in [5, 5.41) is 10.4. The molecular formula is C25H40N4O6S2. The molecule has 1 aliphatic rings. The summed E-state index contributed by atoms with van der Waals surface area (Å²) in [5.41, 5.74) is -0.0619. The Hall–Kier alpha value is -2.47. The molecule has 1 rings (SSSR count). The topological polar surface area (TPSA) is 143 Å². The second-order valence-electron chi connectivity index (χ2n) is 9.29. The van der Waals surface area contributed by atoms with Gasteiger partial charge in [0.25, 0.3) is 5.91 Å². The fourth-order valence-electron chi connectivity index (χ4n) is 3.36. The zero-order valence-corrected chi connectivity index (χ0v) is 24.2. The van der Waals surface area contributed by atoms with Crippen molar-refractivity contribution >= 4 is 51.2 Å². The minimum Gasteiger partial charge on any atom is -0.456 e. The average molecular weight is 557 g/mol. The van der Waals surface area contributed by atoms with Crippen molar-refractivity contribution in [2.75, 3.05) is 12.0 Å². The molecule has 10 nitrogen and oxygen atoms in total. The summed E-state index contributed by atoms with van der Waals surface area (Å²) < 4.78 is 5.66. The normalized spacial score (nSPS) is 26.2. The second kappa shape index (κ2) is 16.4. The van der Waals surface area contributed by atoms with Crippen LogP contribution in [0.25, 0.3) is 0 Å². The Morgan fingerprint density at radius 1 is 0.973 bits per heavy atom. The maximum Gasteiger partial charge on any atom is 0.329 e. The Morgan fingerprint density at radius 2 is 1.62 bits per heavy atom. The molecule has 4 amide bonds. The molecule has 208 valence electrons. The summed E-state index contributed by atoms with van der Waals surface area (Å²) in [6.07, 6.45) is 6.50. The molecule has 1 aliphatic heterocycles. The third-order valence-electron chi connectivity index (χ3n) is 5.51. The van der Waals surface area contributed by atoms with Gasteiger partial charge in [-0.25, -0.2) is 4.79 Å². The van der Waals surface area contributed by atoms with Gasteiger partial charge >= 0.3 is 5.97 Å². The maximum atomic E-state index is 13.1. The first-order chi connectivity index (χ1) is 17.4. The van der Waals surface area contributed by atoms with Crippen molar-refractivity contribution in [3.05, 3.63) is 23.9 Å². The highest BCUT2D eigenvalue weighted by Gasteiger charge is 2.32. The van der Waals surface area contributed by atoms with Crippen molar-refractivity contribution in [3.8, 4) is 0 Å². The van der Waals surface area contributed by atoms with E-state index in [1.165, 1.54) is 13.0 Å². The van der Waals surface area contributed by atoms with E-state index in [2.05, 4.69) is 21.3 Å². The summed E-state index contributed by atoms with van der Waals surface area (Å²) >= 11 is 0. The van der Waals surface area contributed by atoms with Crippen LogP contribution in [0.2, 0.25) is 0 Å². The molecule has 37 heavy (non-hydrogen) atoms. The van der Waals surface area contributed by atoms with Crippen molar-refractivity contribution in [1.29, 1.82) is 0 Å². The number of carbonyl (C=O) groups is 5. The number of hydrogen-bond acceptors (Lipinski definition) is 8. The zero-order valence-electron chi connectivity index (χ0n) is 22.6. The van der Waals surface area contributed by atoms with Gasteiger partial charge in [0, 0.05) is 5.75 Å². The monoisotopic (exact) mass is 556 g/mol. The van der Waals surface area contributed by atoms with Crippen LogP contribution in [-0.4, -0.2) is 65.8 Å². The number of esters is 1. The van der Waals surface area contributed by atoms with Crippen LogP contribution in [0.15, 0.2) is 23.9 Å². The lowest BCUT2D eigenvalue weighted by molar-refractivity contribution is -0.153. The highest BCUT2D eigenvalue weighted by atomic mass is 33.1. The number of hydrogen-bond donors (Lipinski definition) is 4. The first-order valence-electron chi connectivity index (χ1n) is 12.3. The van der Waals surface area contributed by atoms with Gasteiger partial charge in [-0.1, -0.05) is 61.4 Å². The third-order valence-corrected chi connectivity index (χ3v) is 7.35. The second-order valence-corrected chi connectivity index (χ2v) is 12.0. The number of ether oxygens (including phenoxy) is 1. The molecule has 0 aromatic carbocycles. The van der Waals surface area contributed by atoms with Crippen LogP contribution in [0.1, 0.15) is 54.4 Å². The summed E-state index contributed by atoms with van der Waals surface area (Å²) in [7, 11) is 3.33. The summed E-state index contributed by atoms with van der Waals surface area (Å²) in [5.74, 6) is -2.78. The lowest BCUT2D eigenvalue weighted by Gasteiger charge is -2.27. The van der Waals surface area contributed by atoms with Crippen LogP contribution in [0, 0.1) is 11.8 Å². The van der Waals surface area contributed by atoms with E-state index in [-0.39, 0.29) is 24.0 Å². The molecule has 1 heterocycles. The highest BCUT2D eigenvalue weighted by Crippen LogP contribution is 2.18. The minimum atomic E-state index is -1.01. The van der Waals surface area contributed by atoms with Gasteiger partial charge in [0.15, 0.2) is 0 Å². The lowest BCUT2D eigenvalue weighted by Crippen LogP contribution is -2.56. The van der Waals surface area contributed by atoms with Gasteiger partial charge in [0.2, 0.25) is 17.7 Å². The van der Waals surface area contributed by atoms with Crippen LogP contribution >= 0.6 is 21.6 Å². The average Bonchev–Trinajstić information content (AvgIpc) is 2.82. The fourth-order valence-corrected chi connectivity index (χ4v) is 4.54. The molecule has 4 N–H and O–H groups in total. The molecule has 12 heteroatoms. The number of rotatable bonds is 7. The van der Waals surface area contributed by atoms with E-state index in [1.807, 2.05) is 12.3 Å². The minimum absolute atomic E-state index is 0.0619. The van der Waals surface area contributed by atoms with Crippen LogP contribution in [0.5, 0.6) is 0 Å². The standard InChI is InChI=1S/C25H40N4O6S2/c1-8-18-23(32)29-21(15(4)5)25(34)35-17(11-9-10-12-37-36-7)13-19(30)28-20(14(2)3)24(33)26-16(6)22(31)27-18/h8-9,11,14-17,20-21H,10,12-13H2,1-7H3,(H,26,33)(H,27,31)(H,28,30)(H,29,32)/b11-9+,18-8-/t16-,17-,20-,21+/m1/s1. The quantitative estimate of drug-likeness (QED) is 0.123. The molecule has 0 aliphatic carbocycles.